The predicted molar refractivity (Wildman–Crippen MR) is 88.0 cm³/mol. The van der Waals surface area contributed by atoms with Crippen molar-refractivity contribution < 1.29 is 14.7 Å². The smallest absolute Gasteiger partial charge is 0.273 e. The van der Waals surface area contributed by atoms with Crippen LogP contribution in [0, 0.1) is 0 Å². The van der Waals surface area contributed by atoms with Gasteiger partial charge in [0.15, 0.2) is 0 Å². The lowest BCUT2D eigenvalue weighted by atomic mass is 10.2. The van der Waals surface area contributed by atoms with Gasteiger partial charge in [0.2, 0.25) is 5.91 Å². The molecule has 1 aliphatic rings. The second kappa shape index (κ2) is 7.23. The molecule has 1 aliphatic heterocycles. The number of benzene rings is 1. The van der Waals surface area contributed by atoms with Crippen molar-refractivity contribution in [3.05, 3.63) is 66.0 Å². The Labute approximate surface area is 140 Å². The molecular weight excluding hydrogens is 306 g/mol. The Morgan fingerprint density at radius 2 is 1.88 bits per heavy atom. The number of hydrogen-bond donors (Lipinski definition) is 1. The largest absolute Gasteiger partial charge is 0.389 e. The summed E-state index contributed by atoms with van der Waals surface area (Å²) in [6.45, 7) is 0.688. The first-order valence-corrected chi connectivity index (χ1v) is 7.83. The summed E-state index contributed by atoms with van der Waals surface area (Å²) in [6.07, 6.45) is 0.748. The molecule has 24 heavy (non-hydrogen) atoms. The molecule has 1 fully saturated rings. The summed E-state index contributed by atoms with van der Waals surface area (Å²) in [5, 5.41) is 10.2. The molecular formula is C18H19N3O3. The standard InChI is InChI=1S/C18H19N3O3/c22-15-11-20(10-14-6-2-1-3-7-14)17(23)13-21(12-15)18(24)16-8-4-5-9-19-16/h1-9,15,22H,10-13H2. The van der Waals surface area contributed by atoms with Crippen LogP contribution >= 0.6 is 0 Å². The molecule has 0 bridgehead atoms. The second-order valence-electron chi connectivity index (χ2n) is 5.81. The first kappa shape index (κ1) is 16.1. The van der Waals surface area contributed by atoms with Crippen molar-refractivity contribution in [1.29, 1.82) is 0 Å². The summed E-state index contributed by atoms with van der Waals surface area (Å²) in [6, 6.07) is 14.6. The van der Waals surface area contributed by atoms with E-state index in [1.54, 1.807) is 23.1 Å². The molecule has 6 nitrogen and oxygen atoms in total. The van der Waals surface area contributed by atoms with E-state index >= 15 is 0 Å². The topological polar surface area (TPSA) is 73.7 Å². The summed E-state index contributed by atoms with van der Waals surface area (Å²) in [7, 11) is 0. The minimum atomic E-state index is -0.784. The van der Waals surface area contributed by atoms with E-state index in [-0.39, 0.29) is 37.1 Å². The van der Waals surface area contributed by atoms with E-state index in [1.807, 2.05) is 30.3 Å². The van der Waals surface area contributed by atoms with E-state index in [4.69, 9.17) is 0 Å². The van der Waals surface area contributed by atoms with Gasteiger partial charge in [0.1, 0.15) is 12.2 Å². The maximum absolute atomic E-state index is 12.5. The van der Waals surface area contributed by atoms with Gasteiger partial charge in [-0.15, -0.1) is 0 Å². The Balaban J connectivity index is 1.73. The average Bonchev–Trinajstić information content (AvgIpc) is 2.74. The van der Waals surface area contributed by atoms with Crippen LogP contribution < -0.4 is 0 Å². The van der Waals surface area contributed by atoms with E-state index < -0.39 is 6.10 Å². The minimum absolute atomic E-state index is 0.0562. The van der Waals surface area contributed by atoms with Crippen LogP contribution in [-0.2, 0) is 11.3 Å². The minimum Gasteiger partial charge on any atom is -0.389 e. The van der Waals surface area contributed by atoms with Gasteiger partial charge in [0.25, 0.3) is 5.91 Å². The summed E-state index contributed by atoms with van der Waals surface area (Å²) in [5.74, 6) is -0.524. The summed E-state index contributed by atoms with van der Waals surface area (Å²) in [4.78, 5) is 32.0. The molecule has 0 spiro atoms. The van der Waals surface area contributed by atoms with E-state index in [2.05, 4.69) is 4.98 Å². The van der Waals surface area contributed by atoms with Gasteiger partial charge in [0, 0.05) is 25.8 Å². The molecule has 1 saturated heterocycles. The normalized spacial score (nSPS) is 18.4. The van der Waals surface area contributed by atoms with Crippen LogP contribution in [0.25, 0.3) is 0 Å². The molecule has 1 atom stereocenters. The van der Waals surface area contributed by atoms with Gasteiger partial charge in [-0.3, -0.25) is 14.6 Å². The van der Waals surface area contributed by atoms with Crippen molar-refractivity contribution in [1.82, 2.24) is 14.8 Å². The number of carbonyl (C=O) groups excluding carboxylic acids is 2. The van der Waals surface area contributed by atoms with E-state index in [0.717, 1.165) is 5.56 Å². The Kier molecular flexibility index (Phi) is 4.86. The van der Waals surface area contributed by atoms with Crippen LogP contribution in [0.4, 0.5) is 0 Å². The Morgan fingerprint density at radius 1 is 1.12 bits per heavy atom. The molecule has 6 heteroatoms. The van der Waals surface area contributed by atoms with Crippen LogP contribution in [0.15, 0.2) is 54.7 Å². The quantitative estimate of drug-likeness (QED) is 0.911. The number of amides is 2. The van der Waals surface area contributed by atoms with Crippen molar-refractivity contribution in [2.75, 3.05) is 19.6 Å². The zero-order valence-electron chi connectivity index (χ0n) is 13.2. The third-order valence-corrected chi connectivity index (χ3v) is 3.93. The third kappa shape index (κ3) is 3.78. The first-order chi connectivity index (χ1) is 11.6. The number of aliphatic hydroxyl groups is 1. The molecule has 0 aliphatic carbocycles. The van der Waals surface area contributed by atoms with E-state index in [9.17, 15) is 14.7 Å². The lowest BCUT2D eigenvalue weighted by Crippen LogP contribution is -2.39. The van der Waals surface area contributed by atoms with Crippen molar-refractivity contribution in [3.63, 3.8) is 0 Å². The van der Waals surface area contributed by atoms with Gasteiger partial charge in [-0.1, -0.05) is 36.4 Å². The fourth-order valence-corrected chi connectivity index (χ4v) is 2.76. The molecule has 0 saturated carbocycles. The summed E-state index contributed by atoms with van der Waals surface area (Å²) in [5.41, 5.74) is 1.26. The molecule has 124 valence electrons. The van der Waals surface area contributed by atoms with Gasteiger partial charge in [0.05, 0.1) is 6.10 Å². The monoisotopic (exact) mass is 325 g/mol. The number of rotatable bonds is 3. The van der Waals surface area contributed by atoms with Crippen LogP contribution in [0.5, 0.6) is 0 Å². The zero-order valence-corrected chi connectivity index (χ0v) is 13.2. The number of hydrogen-bond acceptors (Lipinski definition) is 4. The van der Waals surface area contributed by atoms with Crippen LogP contribution in [0.2, 0.25) is 0 Å². The number of aliphatic hydroxyl groups excluding tert-OH is 1. The lowest BCUT2D eigenvalue weighted by Gasteiger charge is -2.21. The molecule has 1 aromatic carbocycles. The molecule has 2 amide bonds. The predicted octanol–water partition coefficient (Wildman–Crippen LogP) is 0.927. The second-order valence-corrected chi connectivity index (χ2v) is 5.81. The molecule has 0 radical (unpaired) electrons. The van der Waals surface area contributed by atoms with Crippen LogP contribution in [0.1, 0.15) is 16.1 Å². The van der Waals surface area contributed by atoms with Crippen LogP contribution in [-0.4, -0.2) is 57.4 Å². The van der Waals surface area contributed by atoms with Gasteiger partial charge in [-0.05, 0) is 17.7 Å². The average molecular weight is 325 g/mol. The van der Waals surface area contributed by atoms with Gasteiger partial charge < -0.3 is 14.9 Å². The highest BCUT2D eigenvalue weighted by atomic mass is 16.3. The molecule has 3 rings (SSSR count). The summed E-state index contributed by atoms with van der Waals surface area (Å²) < 4.78 is 0. The summed E-state index contributed by atoms with van der Waals surface area (Å²) >= 11 is 0. The van der Waals surface area contributed by atoms with Gasteiger partial charge in [-0.2, -0.15) is 0 Å². The van der Waals surface area contributed by atoms with Gasteiger partial charge in [-0.25, -0.2) is 0 Å². The third-order valence-electron chi connectivity index (χ3n) is 3.93. The molecule has 2 aromatic rings. The molecule has 1 N–H and O–H groups in total. The first-order valence-electron chi connectivity index (χ1n) is 7.83. The van der Waals surface area contributed by atoms with Crippen molar-refractivity contribution in [2.45, 2.75) is 12.6 Å². The molecule has 1 unspecified atom stereocenters. The lowest BCUT2D eigenvalue weighted by molar-refractivity contribution is -0.131. The molecule has 1 aromatic heterocycles. The van der Waals surface area contributed by atoms with Crippen molar-refractivity contribution in [2.24, 2.45) is 0 Å². The van der Waals surface area contributed by atoms with E-state index in [0.29, 0.717) is 6.54 Å². The maximum Gasteiger partial charge on any atom is 0.273 e. The fourth-order valence-electron chi connectivity index (χ4n) is 2.76. The number of aromatic nitrogens is 1. The Hall–Kier alpha value is -2.73. The SMILES string of the molecule is O=C1CN(C(=O)c2ccccn2)CC(O)CN1Cc1ccccc1. The van der Waals surface area contributed by atoms with Gasteiger partial charge >= 0.3 is 0 Å². The highest BCUT2D eigenvalue weighted by Crippen LogP contribution is 2.12. The van der Waals surface area contributed by atoms with Crippen LogP contribution in [0.3, 0.4) is 0 Å². The Bertz CT molecular complexity index is 706. The maximum atomic E-state index is 12.5. The number of β-amino-alcohol motifs (C(OH)–C–C–N with tert-alkyl or cyclic N) is 1. The highest BCUT2D eigenvalue weighted by Gasteiger charge is 2.30. The number of nitrogens with zero attached hydrogens (tertiary/aromatic N) is 3. The van der Waals surface area contributed by atoms with Crippen molar-refractivity contribution in [3.8, 4) is 0 Å². The van der Waals surface area contributed by atoms with Crippen molar-refractivity contribution >= 4 is 11.8 Å². The fraction of sp³-hybridized carbons (Fsp3) is 0.278. The Morgan fingerprint density at radius 3 is 2.58 bits per heavy atom. The molecule has 2 heterocycles. The van der Waals surface area contributed by atoms with E-state index in [1.165, 1.54) is 11.1 Å². The number of pyridine rings is 1. The highest BCUT2D eigenvalue weighted by molar-refractivity contribution is 5.95. The number of carbonyl (C=O) groups is 2. The zero-order chi connectivity index (χ0) is 16.9.